The summed E-state index contributed by atoms with van der Waals surface area (Å²) in [5.41, 5.74) is 1.19. The fraction of sp³-hybridized carbons (Fsp3) is 0.562. The number of hydrogen-bond acceptors (Lipinski definition) is 3. The minimum atomic E-state index is -0.440. The SMILES string of the molecule is CC(C)OC(=O)c1cccc(C2CCCCC2)c1O. The Bertz CT molecular complexity index is 445. The van der Waals surface area contributed by atoms with Gasteiger partial charge in [0.1, 0.15) is 11.3 Å². The number of esters is 1. The second kappa shape index (κ2) is 6.09. The van der Waals surface area contributed by atoms with Gasteiger partial charge in [-0.15, -0.1) is 0 Å². The molecule has 0 heterocycles. The van der Waals surface area contributed by atoms with Crippen LogP contribution in [0.4, 0.5) is 0 Å². The Balaban J connectivity index is 2.24. The molecule has 1 aromatic rings. The van der Waals surface area contributed by atoms with E-state index in [1.165, 1.54) is 19.3 Å². The Morgan fingerprint density at radius 3 is 2.58 bits per heavy atom. The molecule has 1 aliphatic carbocycles. The molecule has 1 aliphatic rings. The summed E-state index contributed by atoms with van der Waals surface area (Å²) in [6, 6.07) is 5.39. The van der Waals surface area contributed by atoms with Crippen LogP contribution in [-0.4, -0.2) is 17.2 Å². The van der Waals surface area contributed by atoms with E-state index in [1.807, 2.05) is 12.1 Å². The topological polar surface area (TPSA) is 46.5 Å². The molecule has 0 atom stereocenters. The van der Waals surface area contributed by atoms with Gasteiger partial charge in [-0.3, -0.25) is 0 Å². The number of carbonyl (C=O) groups is 1. The first-order valence-corrected chi connectivity index (χ1v) is 7.12. The highest BCUT2D eigenvalue weighted by Gasteiger charge is 2.22. The van der Waals surface area contributed by atoms with E-state index in [9.17, 15) is 9.90 Å². The van der Waals surface area contributed by atoms with Gasteiger partial charge in [-0.1, -0.05) is 31.4 Å². The summed E-state index contributed by atoms with van der Waals surface area (Å²) in [6.07, 6.45) is 5.68. The molecule has 1 N–H and O–H groups in total. The Hall–Kier alpha value is -1.51. The standard InChI is InChI=1S/C16H22O3/c1-11(2)19-16(18)14-10-6-9-13(15(14)17)12-7-4-3-5-8-12/h6,9-12,17H,3-5,7-8H2,1-2H3. The number of carbonyl (C=O) groups excluding carboxylic acids is 1. The van der Waals surface area contributed by atoms with Crippen molar-refractivity contribution >= 4 is 5.97 Å². The van der Waals surface area contributed by atoms with Crippen molar-refractivity contribution in [1.82, 2.24) is 0 Å². The summed E-state index contributed by atoms with van der Waals surface area (Å²) in [4.78, 5) is 11.9. The highest BCUT2D eigenvalue weighted by Crippen LogP contribution is 2.38. The minimum absolute atomic E-state index is 0.111. The summed E-state index contributed by atoms with van der Waals surface area (Å²) in [5.74, 6) is 0.0470. The van der Waals surface area contributed by atoms with Gasteiger partial charge in [-0.2, -0.15) is 0 Å². The third-order valence-corrected chi connectivity index (χ3v) is 3.67. The number of hydrogen-bond donors (Lipinski definition) is 1. The molecule has 0 unspecified atom stereocenters. The number of phenolic OH excluding ortho intramolecular Hbond substituents is 1. The quantitative estimate of drug-likeness (QED) is 0.837. The van der Waals surface area contributed by atoms with Crippen LogP contribution in [0.1, 0.15) is 67.8 Å². The Labute approximate surface area is 114 Å². The van der Waals surface area contributed by atoms with Crippen LogP contribution in [0, 0.1) is 0 Å². The van der Waals surface area contributed by atoms with E-state index in [1.54, 1.807) is 19.9 Å². The molecule has 0 saturated heterocycles. The highest BCUT2D eigenvalue weighted by molar-refractivity contribution is 5.93. The van der Waals surface area contributed by atoms with E-state index in [4.69, 9.17) is 4.74 Å². The first-order valence-electron chi connectivity index (χ1n) is 7.12. The van der Waals surface area contributed by atoms with Gasteiger partial charge in [-0.25, -0.2) is 4.79 Å². The molecular weight excluding hydrogens is 240 g/mol. The van der Waals surface area contributed by atoms with Crippen LogP contribution in [0.3, 0.4) is 0 Å². The molecule has 1 saturated carbocycles. The van der Waals surface area contributed by atoms with Crippen molar-refractivity contribution in [3.05, 3.63) is 29.3 Å². The van der Waals surface area contributed by atoms with Crippen molar-refractivity contribution in [2.75, 3.05) is 0 Å². The predicted molar refractivity (Wildman–Crippen MR) is 74.5 cm³/mol. The molecule has 0 amide bonds. The lowest BCUT2D eigenvalue weighted by Gasteiger charge is -2.23. The number of para-hydroxylation sites is 1. The van der Waals surface area contributed by atoms with Crippen LogP contribution in [0.5, 0.6) is 5.75 Å². The Morgan fingerprint density at radius 2 is 1.95 bits per heavy atom. The second-order valence-electron chi connectivity index (χ2n) is 5.53. The zero-order valence-electron chi connectivity index (χ0n) is 11.7. The van der Waals surface area contributed by atoms with Crippen molar-refractivity contribution < 1.29 is 14.6 Å². The average Bonchev–Trinajstić information content (AvgIpc) is 2.39. The fourth-order valence-corrected chi connectivity index (χ4v) is 2.75. The minimum Gasteiger partial charge on any atom is -0.507 e. The average molecular weight is 262 g/mol. The summed E-state index contributed by atoms with van der Waals surface area (Å²) in [6.45, 7) is 3.61. The van der Waals surface area contributed by atoms with E-state index < -0.39 is 5.97 Å². The molecule has 1 fully saturated rings. The maximum absolute atomic E-state index is 11.9. The number of benzene rings is 1. The molecule has 2 rings (SSSR count). The van der Waals surface area contributed by atoms with Crippen LogP contribution in [0.25, 0.3) is 0 Å². The number of rotatable bonds is 3. The van der Waals surface area contributed by atoms with Crippen molar-refractivity contribution in [2.45, 2.75) is 58.0 Å². The van der Waals surface area contributed by atoms with Crippen LogP contribution >= 0.6 is 0 Å². The first kappa shape index (κ1) is 13.9. The number of ether oxygens (including phenoxy) is 1. The maximum Gasteiger partial charge on any atom is 0.342 e. The molecule has 104 valence electrons. The molecule has 19 heavy (non-hydrogen) atoms. The molecule has 1 aromatic carbocycles. The van der Waals surface area contributed by atoms with E-state index in [0.29, 0.717) is 5.92 Å². The zero-order valence-corrected chi connectivity index (χ0v) is 11.7. The maximum atomic E-state index is 11.9. The van der Waals surface area contributed by atoms with Crippen molar-refractivity contribution in [3.63, 3.8) is 0 Å². The lowest BCUT2D eigenvalue weighted by molar-refractivity contribution is 0.0374. The molecule has 0 spiro atoms. The summed E-state index contributed by atoms with van der Waals surface area (Å²) in [5, 5.41) is 10.3. The lowest BCUT2D eigenvalue weighted by atomic mass is 9.83. The molecule has 3 nitrogen and oxygen atoms in total. The van der Waals surface area contributed by atoms with Gasteiger partial charge >= 0.3 is 5.97 Å². The van der Waals surface area contributed by atoms with Gasteiger partial charge in [0.25, 0.3) is 0 Å². The Kier molecular flexibility index (Phi) is 4.46. The van der Waals surface area contributed by atoms with Crippen molar-refractivity contribution in [1.29, 1.82) is 0 Å². The second-order valence-corrected chi connectivity index (χ2v) is 5.53. The molecule has 3 heteroatoms. The molecule has 0 radical (unpaired) electrons. The Morgan fingerprint density at radius 1 is 1.26 bits per heavy atom. The van der Waals surface area contributed by atoms with E-state index in [0.717, 1.165) is 18.4 Å². The van der Waals surface area contributed by atoms with Crippen LogP contribution in [0.15, 0.2) is 18.2 Å². The van der Waals surface area contributed by atoms with Gasteiger partial charge in [0.2, 0.25) is 0 Å². The zero-order chi connectivity index (χ0) is 13.8. The third-order valence-electron chi connectivity index (χ3n) is 3.67. The van der Waals surface area contributed by atoms with Crippen LogP contribution in [0.2, 0.25) is 0 Å². The predicted octanol–water partition coefficient (Wildman–Crippen LogP) is 4.01. The van der Waals surface area contributed by atoms with Gasteiger partial charge in [0.15, 0.2) is 0 Å². The third kappa shape index (κ3) is 3.28. The number of phenols is 1. The number of aromatic hydroxyl groups is 1. The van der Waals surface area contributed by atoms with E-state index >= 15 is 0 Å². The summed E-state index contributed by atoms with van der Waals surface area (Å²) < 4.78 is 5.16. The van der Waals surface area contributed by atoms with E-state index in [-0.39, 0.29) is 17.4 Å². The summed E-state index contributed by atoms with van der Waals surface area (Å²) in [7, 11) is 0. The molecule has 0 aliphatic heterocycles. The van der Waals surface area contributed by atoms with Gasteiger partial charge < -0.3 is 9.84 Å². The smallest absolute Gasteiger partial charge is 0.342 e. The van der Waals surface area contributed by atoms with Crippen LogP contribution < -0.4 is 0 Å². The van der Waals surface area contributed by atoms with Crippen molar-refractivity contribution in [2.24, 2.45) is 0 Å². The molecule has 0 bridgehead atoms. The molecular formula is C16H22O3. The first-order chi connectivity index (χ1) is 9.09. The lowest BCUT2D eigenvalue weighted by Crippen LogP contribution is -2.13. The van der Waals surface area contributed by atoms with Gasteiger partial charge in [-0.05, 0) is 44.2 Å². The largest absolute Gasteiger partial charge is 0.507 e. The van der Waals surface area contributed by atoms with Crippen molar-refractivity contribution in [3.8, 4) is 5.75 Å². The highest BCUT2D eigenvalue weighted by atomic mass is 16.5. The van der Waals surface area contributed by atoms with Gasteiger partial charge in [0, 0.05) is 0 Å². The normalized spacial score (nSPS) is 16.6. The van der Waals surface area contributed by atoms with E-state index in [2.05, 4.69) is 0 Å². The van der Waals surface area contributed by atoms with Crippen LogP contribution in [-0.2, 0) is 4.74 Å². The van der Waals surface area contributed by atoms with Gasteiger partial charge in [0.05, 0.1) is 6.10 Å². The molecule has 0 aromatic heterocycles. The fourth-order valence-electron chi connectivity index (χ4n) is 2.75. The monoisotopic (exact) mass is 262 g/mol. The summed E-state index contributed by atoms with van der Waals surface area (Å²) >= 11 is 0.